The van der Waals surface area contributed by atoms with Crippen molar-refractivity contribution >= 4 is 28.2 Å². The van der Waals surface area contributed by atoms with Crippen LogP contribution in [-0.4, -0.2) is 35.1 Å². The van der Waals surface area contributed by atoms with Crippen molar-refractivity contribution in [2.24, 2.45) is 5.92 Å². The molecule has 1 aromatic heterocycles. The normalized spacial score (nSPS) is 23.6. The molecule has 0 bridgehead atoms. The highest BCUT2D eigenvalue weighted by molar-refractivity contribution is 8.00. The van der Waals surface area contributed by atoms with E-state index in [1.807, 2.05) is 11.3 Å². The van der Waals surface area contributed by atoms with Gasteiger partial charge in [-0.05, 0) is 26.3 Å². The van der Waals surface area contributed by atoms with Gasteiger partial charge in [0, 0.05) is 35.0 Å². The molecular weight excluding hydrogens is 286 g/mol. The average Bonchev–Trinajstić information content (AvgIpc) is 2.74. The Kier molecular flexibility index (Phi) is 5.75. The Hall–Kier alpha value is -0.260. The monoisotopic (exact) mass is 313 g/mol. The molecule has 114 valence electrons. The summed E-state index contributed by atoms with van der Waals surface area (Å²) in [4.78, 5) is 8.69. The molecule has 1 N–H and O–H groups in total. The molecular formula is C15H27N3S2. The Morgan fingerprint density at radius 3 is 2.85 bits per heavy atom. The molecule has 0 radical (unpaired) electrons. The zero-order valence-corrected chi connectivity index (χ0v) is 14.9. The van der Waals surface area contributed by atoms with Crippen LogP contribution in [0.2, 0.25) is 0 Å². The highest BCUT2D eigenvalue weighted by Crippen LogP contribution is 2.33. The molecule has 0 saturated carbocycles. The lowest BCUT2D eigenvalue weighted by Crippen LogP contribution is -2.44. The molecule has 20 heavy (non-hydrogen) atoms. The molecule has 2 rings (SSSR count). The van der Waals surface area contributed by atoms with Crippen molar-refractivity contribution in [2.75, 3.05) is 23.7 Å². The molecule has 5 heteroatoms. The maximum Gasteiger partial charge on any atom is 0.186 e. The van der Waals surface area contributed by atoms with E-state index < -0.39 is 0 Å². The summed E-state index contributed by atoms with van der Waals surface area (Å²) in [5.74, 6) is 1.91. The molecule has 0 aromatic carbocycles. The highest BCUT2D eigenvalue weighted by Gasteiger charge is 2.27. The molecule has 2 heterocycles. The summed E-state index contributed by atoms with van der Waals surface area (Å²) in [5.41, 5.74) is 1.19. The van der Waals surface area contributed by atoms with Crippen LogP contribution in [0.25, 0.3) is 0 Å². The number of aryl methyl sites for hydroxylation is 1. The smallest absolute Gasteiger partial charge is 0.186 e. The summed E-state index contributed by atoms with van der Waals surface area (Å²) in [5, 5.41) is 5.43. The number of anilines is 1. The summed E-state index contributed by atoms with van der Waals surface area (Å²) in [7, 11) is 0. The third-order valence-electron chi connectivity index (χ3n) is 3.85. The van der Waals surface area contributed by atoms with Crippen LogP contribution in [0.1, 0.15) is 38.3 Å². The van der Waals surface area contributed by atoms with Gasteiger partial charge < -0.3 is 10.2 Å². The summed E-state index contributed by atoms with van der Waals surface area (Å²) >= 11 is 3.94. The quantitative estimate of drug-likeness (QED) is 0.900. The maximum absolute atomic E-state index is 4.81. The molecule has 2 unspecified atom stereocenters. The standard InChI is InChI=1S/C15H27N3S2/c1-10(2)8-16-9-14-11(3)17-15(20-14)18-6-7-19-13(5)12(18)4/h10,12-13,16H,6-9H2,1-5H3. The van der Waals surface area contributed by atoms with Gasteiger partial charge >= 0.3 is 0 Å². The first kappa shape index (κ1) is 16.1. The van der Waals surface area contributed by atoms with Crippen molar-refractivity contribution in [1.29, 1.82) is 0 Å². The minimum atomic E-state index is 0.579. The van der Waals surface area contributed by atoms with E-state index in [2.05, 4.69) is 56.6 Å². The lowest BCUT2D eigenvalue weighted by Gasteiger charge is -2.37. The third-order valence-corrected chi connectivity index (χ3v) is 6.38. The van der Waals surface area contributed by atoms with E-state index in [9.17, 15) is 0 Å². The number of thioether (sulfide) groups is 1. The van der Waals surface area contributed by atoms with E-state index in [1.54, 1.807) is 0 Å². The minimum absolute atomic E-state index is 0.579. The first-order valence-electron chi connectivity index (χ1n) is 7.54. The van der Waals surface area contributed by atoms with Gasteiger partial charge in [-0.25, -0.2) is 4.98 Å². The third kappa shape index (κ3) is 3.89. The minimum Gasteiger partial charge on any atom is -0.343 e. The van der Waals surface area contributed by atoms with E-state index in [-0.39, 0.29) is 0 Å². The number of hydrogen-bond acceptors (Lipinski definition) is 5. The molecule has 1 aliphatic rings. The van der Waals surface area contributed by atoms with Gasteiger partial charge in [-0.2, -0.15) is 11.8 Å². The van der Waals surface area contributed by atoms with E-state index in [1.165, 1.54) is 21.5 Å². The fraction of sp³-hybridized carbons (Fsp3) is 0.800. The zero-order chi connectivity index (χ0) is 14.7. The van der Waals surface area contributed by atoms with Crippen molar-refractivity contribution in [1.82, 2.24) is 10.3 Å². The lowest BCUT2D eigenvalue weighted by molar-refractivity contribution is 0.554. The first-order chi connectivity index (χ1) is 9.49. The molecule has 1 aliphatic heterocycles. The molecule has 0 aliphatic carbocycles. The molecule has 1 saturated heterocycles. The number of nitrogens with zero attached hydrogens (tertiary/aromatic N) is 2. The van der Waals surface area contributed by atoms with Crippen LogP contribution < -0.4 is 10.2 Å². The Bertz CT molecular complexity index is 431. The number of hydrogen-bond donors (Lipinski definition) is 1. The van der Waals surface area contributed by atoms with E-state index in [0.717, 1.165) is 19.6 Å². The van der Waals surface area contributed by atoms with Crippen LogP contribution in [0.5, 0.6) is 0 Å². The maximum atomic E-state index is 4.81. The molecule has 1 fully saturated rings. The molecule has 1 aromatic rings. The van der Waals surface area contributed by atoms with E-state index in [0.29, 0.717) is 17.2 Å². The second-order valence-corrected chi connectivity index (χ2v) is 8.59. The van der Waals surface area contributed by atoms with Crippen molar-refractivity contribution in [3.63, 3.8) is 0 Å². The van der Waals surface area contributed by atoms with Crippen LogP contribution in [0.4, 0.5) is 5.13 Å². The van der Waals surface area contributed by atoms with Gasteiger partial charge in [0.2, 0.25) is 0 Å². The first-order valence-corrected chi connectivity index (χ1v) is 9.40. The van der Waals surface area contributed by atoms with Crippen LogP contribution in [0.3, 0.4) is 0 Å². The number of rotatable bonds is 5. The van der Waals surface area contributed by atoms with Gasteiger partial charge in [-0.1, -0.05) is 20.8 Å². The number of aromatic nitrogens is 1. The highest BCUT2D eigenvalue weighted by atomic mass is 32.2. The fourth-order valence-corrected chi connectivity index (χ4v) is 4.62. The van der Waals surface area contributed by atoms with Gasteiger partial charge in [-0.3, -0.25) is 0 Å². The Balaban J connectivity index is 2.02. The van der Waals surface area contributed by atoms with Gasteiger partial charge in [0.15, 0.2) is 5.13 Å². The largest absolute Gasteiger partial charge is 0.343 e. The van der Waals surface area contributed by atoms with Gasteiger partial charge in [-0.15, -0.1) is 11.3 Å². The Morgan fingerprint density at radius 1 is 1.40 bits per heavy atom. The Morgan fingerprint density at radius 2 is 2.15 bits per heavy atom. The van der Waals surface area contributed by atoms with E-state index >= 15 is 0 Å². The van der Waals surface area contributed by atoms with Gasteiger partial charge in [0.25, 0.3) is 0 Å². The average molecular weight is 314 g/mol. The van der Waals surface area contributed by atoms with Crippen molar-refractivity contribution < 1.29 is 0 Å². The summed E-state index contributed by atoms with van der Waals surface area (Å²) in [6, 6.07) is 0.579. The van der Waals surface area contributed by atoms with Crippen LogP contribution in [0, 0.1) is 12.8 Å². The Labute approximate surface area is 131 Å². The molecule has 3 nitrogen and oxygen atoms in total. The second kappa shape index (κ2) is 7.14. The van der Waals surface area contributed by atoms with Crippen LogP contribution in [0.15, 0.2) is 0 Å². The fourth-order valence-electron chi connectivity index (χ4n) is 2.38. The lowest BCUT2D eigenvalue weighted by atomic mass is 10.2. The second-order valence-electron chi connectivity index (χ2n) is 6.04. The summed E-state index contributed by atoms with van der Waals surface area (Å²) in [6.45, 7) is 14.4. The molecule has 0 spiro atoms. The van der Waals surface area contributed by atoms with Crippen LogP contribution in [-0.2, 0) is 6.54 Å². The summed E-state index contributed by atoms with van der Waals surface area (Å²) < 4.78 is 0. The van der Waals surface area contributed by atoms with Crippen molar-refractivity contribution in [2.45, 2.75) is 52.5 Å². The van der Waals surface area contributed by atoms with Gasteiger partial charge in [0.1, 0.15) is 0 Å². The topological polar surface area (TPSA) is 28.2 Å². The van der Waals surface area contributed by atoms with E-state index in [4.69, 9.17) is 4.98 Å². The predicted octanol–water partition coefficient (Wildman–Crippen LogP) is 3.53. The van der Waals surface area contributed by atoms with Crippen LogP contribution >= 0.6 is 23.1 Å². The molecule has 0 amide bonds. The SMILES string of the molecule is Cc1nc(N2CCSC(C)C2C)sc1CNCC(C)C. The van der Waals surface area contributed by atoms with Crippen molar-refractivity contribution in [3.05, 3.63) is 10.6 Å². The number of thiazole rings is 1. The van der Waals surface area contributed by atoms with Crippen molar-refractivity contribution in [3.8, 4) is 0 Å². The molecule has 2 atom stereocenters. The zero-order valence-electron chi connectivity index (χ0n) is 13.3. The van der Waals surface area contributed by atoms with Gasteiger partial charge in [0.05, 0.1) is 5.69 Å². The summed E-state index contributed by atoms with van der Waals surface area (Å²) in [6.07, 6.45) is 0. The predicted molar refractivity (Wildman–Crippen MR) is 92.1 cm³/mol. The number of nitrogens with one attached hydrogen (secondary N) is 1.